The van der Waals surface area contributed by atoms with E-state index in [-0.39, 0.29) is 0 Å². The Hall–Kier alpha value is -5.37. The van der Waals surface area contributed by atoms with Crippen LogP contribution < -0.4 is 0 Å². The Bertz CT molecular complexity index is 2490. The molecule has 8 aromatic carbocycles. The Labute approximate surface area is 273 Å². The number of fused-ring (bicyclic) bond motifs is 7. The van der Waals surface area contributed by atoms with E-state index < -0.39 is 5.41 Å². The maximum Gasteiger partial charge on any atom is 0.0713 e. The zero-order valence-corrected chi connectivity index (χ0v) is 25.9. The number of hydrogen-bond acceptors (Lipinski definition) is 1. The van der Waals surface area contributed by atoms with Crippen molar-refractivity contribution in [3.63, 3.8) is 0 Å². The highest BCUT2D eigenvalue weighted by Crippen LogP contribution is 2.58. The third-order valence-corrected chi connectivity index (χ3v) is 11.2. The molecule has 0 spiro atoms. The summed E-state index contributed by atoms with van der Waals surface area (Å²) in [4.78, 5) is 2.66. The van der Waals surface area contributed by atoms with Crippen LogP contribution in [0.25, 0.3) is 54.9 Å². The Morgan fingerprint density at radius 1 is 0.391 bits per heavy atom. The fourth-order valence-electron chi connectivity index (χ4n) is 8.19. The summed E-state index contributed by atoms with van der Waals surface area (Å²) in [5.74, 6) is 0. The highest BCUT2D eigenvalue weighted by Gasteiger charge is 2.46. The average Bonchev–Trinajstić information content (AvgIpc) is 3.44. The van der Waals surface area contributed by atoms with Crippen molar-refractivity contribution in [2.75, 3.05) is 0 Å². The van der Waals surface area contributed by atoms with Crippen molar-refractivity contribution in [1.29, 1.82) is 0 Å². The molecule has 1 unspecified atom stereocenters. The van der Waals surface area contributed by atoms with Crippen molar-refractivity contribution in [2.24, 2.45) is 0 Å². The molecule has 0 saturated heterocycles. The molecule has 0 saturated carbocycles. The topological polar surface area (TPSA) is 0 Å². The number of hydrogen-bond donors (Lipinski definition) is 0. The molecule has 1 aliphatic heterocycles. The Morgan fingerprint density at radius 3 is 1.98 bits per heavy atom. The molecule has 10 rings (SSSR count). The molecule has 214 valence electrons. The van der Waals surface area contributed by atoms with E-state index >= 15 is 0 Å². The first-order valence-corrected chi connectivity index (χ1v) is 16.7. The van der Waals surface area contributed by atoms with Crippen LogP contribution in [0, 0.1) is 0 Å². The normalized spacial score (nSPS) is 15.8. The SMILES string of the molecule is c1ccc(C2(c3ccc(-c4cc5c6c(cccc6c4)-c4ccccc4S5)cc3)c3ccccc3-c3c2ccc2ccccc32)cc1. The molecule has 0 N–H and O–H groups in total. The van der Waals surface area contributed by atoms with Crippen molar-refractivity contribution in [3.8, 4) is 33.4 Å². The molecule has 0 bridgehead atoms. The standard InChI is InChI=1S/C45H28S/c1-2-13-33(14-3-1)45(39-19-8-6-17-38(39)44-35-15-5-4-11-30(35)23-26-40(44)45)34-24-21-29(22-25-34)32-27-31-12-10-18-37-36-16-7-9-20-41(36)46-42(28-32)43(31)37/h1-28H. The van der Waals surface area contributed by atoms with Crippen molar-refractivity contribution in [1.82, 2.24) is 0 Å². The van der Waals surface area contributed by atoms with Crippen molar-refractivity contribution < 1.29 is 0 Å². The molecule has 1 atom stereocenters. The molecule has 0 aromatic heterocycles. The fraction of sp³-hybridized carbons (Fsp3) is 0.0222. The Morgan fingerprint density at radius 2 is 1.09 bits per heavy atom. The lowest BCUT2D eigenvalue weighted by Gasteiger charge is -2.34. The second-order valence-corrected chi connectivity index (χ2v) is 13.5. The van der Waals surface area contributed by atoms with Gasteiger partial charge < -0.3 is 0 Å². The summed E-state index contributed by atoms with van der Waals surface area (Å²) in [6.45, 7) is 0. The van der Waals surface area contributed by atoms with Crippen LogP contribution >= 0.6 is 11.8 Å². The maximum absolute atomic E-state index is 2.39. The third-order valence-electron chi connectivity index (χ3n) is 10.1. The van der Waals surface area contributed by atoms with Gasteiger partial charge in [-0.3, -0.25) is 0 Å². The van der Waals surface area contributed by atoms with E-state index in [1.807, 2.05) is 11.8 Å². The summed E-state index contributed by atoms with van der Waals surface area (Å²) in [7, 11) is 0. The molecular formula is C45H28S. The van der Waals surface area contributed by atoms with E-state index in [0.29, 0.717) is 0 Å². The van der Waals surface area contributed by atoms with Crippen LogP contribution in [0.5, 0.6) is 0 Å². The number of benzene rings is 8. The first-order valence-electron chi connectivity index (χ1n) is 15.9. The summed E-state index contributed by atoms with van der Waals surface area (Å²) >= 11 is 1.89. The monoisotopic (exact) mass is 600 g/mol. The lowest BCUT2D eigenvalue weighted by molar-refractivity contribution is 0.769. The summed E-state index contributed by atoms with van der Waals surface area (Å²) < 4.78 is 0. The largest absolute Gasteiger partial charge is 0.0888 e. The number of rotatable bonds is 3. The van der Waals surface area contributed by atoms with Gasteiger partial charge in [-0.1, -0.05) is 163 Å². The van der Waals surface area contributed by atoms with Crippen LogP contribution in [-0.2, 0) is 5.41 Å². The van der Waals surface area contributed by atoms with Crippen molar-refractivity contribution in [2.45, 2.75) is 15.2 Å². The van der Waals surface area contributed by atoms with Crippen LogP contribution in [0.4, 0.5) is 0 Å². The van der Waals surface area contributed by atoms with Gasteiger partial charge in [-0.15, -0.1) is 0 Å². The summed E-state index contributed by atoms with van der Waals surface area (Å²) in [6.07, 6.45) is 0. The van der Waals surface area contributed by atoms with Gasteiger partial charge >= 0.3 is 0 Å². The van der Waals surface area contributed by atoms with Crippen LogP contribution in [0.3, 0.4) is 0 Å². The van der Waals surface area contributed by atoms with Crippen LogP contribution in [-0.4, -0.2) is 0 Å². The van der Waals surface area contributed by atoms with Gasteiger partial charge in [0.25, 0.3) is 0 Å². The predicted molar refractivity (Wildman–Crippen MR) is 194 cm³/mol. The first kappa shape index (κ1) is 25.9. The van der Waals surface area contributed by atoms with E-state index in [2.05, 4.69) is 170 Å². The molecule has 0 amide bonds. The molecule has 1 aliphatic carbocycles. The van der Waals surface area contributed by atoms with Crippen LogP contribution in [0.15, 0.2) is 180 Å². The summed E-state index contributed by atoms with van der Waals surface area (Å²) in [6, 6.07) is 63.3. The van der Waals surface area contributed by atoms with E-state index in [4.69, 9.17) is 0 Å². The van der Waals surface area contributed by atoms with E-state index in [1.165, 1.54) is 87.0 Å². The Kier molecular flexibility index (Phi) is 5.53. The van der Waals surface area contributed by atoms with E-state index in [1.54, 1.807) is 0 Å². The van der Waals surface area contributed by atoms with E-state index in [9.17, 15) is 0 Å². The first-order chi connectivity index (χ1) is 22.8. The average molecular weight is 601 g/mol. The molecule has 46 heavy (non-hydrogen) atoms. The zero-order valence-electron chi connectivity index (χ0n) is 25.1. The van der Waals surface area contributed by atoms with Gasteiger partial charge in [-0.25, -0.2) is 0 Å². The van der Waals surface area contributed by atoms with Crippen LogP contribution in [0.2, 0.25) is 0 Å². The molecule has 0 nitrogen and oxygen atoms in total. The minimum atomic E-state index is -0.417. The predicted octanol–water partition coefficient (Wildman–Crippen LogP) is 12.2. The van der Waals surface area contributed by atoms with Gasteiger partial charge in [-0.05, 0) is 90.0 Å². The lowest BCUT2D eigenvalue weighted by Crippen LogP contribution is -2.28. The van der Waals surface area contributed by atoms with Gasteiger partial charge in [0.1, 0.15) is 0 Å². The van der Waals surface area contributed by atoms with Gasteiger partial charge in [0.05, 0.1) is 5.41 Å². The smallest absolute Gasteiger partial charge is 0.0713 e. The summed E-state index contributed by atoms with van der Waals surface area (Å²) in [5.41, 5.74) is 12.7. The minimum absolute atomic E-state index is 0.417. The van der Waals surface area contributed by atoms with Crippen molar-refractivity contribution in [3.05, 3.63) is 192 Å². The summed E-state index contributed by atoms with van der Waals surface area (Å²) in [5, 5.41) is 5.24. The molecule has 1 heterocycles. The lowest BCUT2D eigenvalue weighted by atomic mass is 9.67. The molecule has 8 aromatic rings. The fourth-order valence-corrected chi connectivity index (χ4v) is 9.38. The molecule has 0 fully saturated rings. The molecule has 1 heteroatoms. The van der Waals surface area contributed by atoms with Gasteiger partial charge in [0.15, 0.2) is 0 Å². The molecule has 0 radical (unpaired) electrons. The van der Waals surface area contributed by atoms with Crippen LogP contribution in [0.1, 0.15) is 22.3 Å². The third kappa shape index (κ3) is 3.52. The molecule has 2 aliphatic rings. The molecular weight excluding hydrogens is 573 g/mol. The van der Waals surface area contributed by atoms with Gasteiger partial charge in [-0.2, -0.15) is 0 Å². The van der Waals surface area contributed by atoms with Crippen molar-refractivity contribution >= 4 is 33.3 Å². The van der Waals surface area contributed by atoms with Gasteiger partial charge in [0, 0.05) is 15.2 Å². The Balaban J connectivity index is 1.18. The zero-order chi connectivity index (χ0) is 30.2. The highest BCUT2D eigenvalue weighted by molar-refractivity contribution is 7.99. The second-order valence-electron chi connectivity index (χ2n) is 12.4. The maximum atomic E-state index is 2.39. The minimum Gasteiger partial charge on any atom is -0.0888 e. The highest BCUT2D eigenvalue weighted by atomic mass is 32.2. The quantitative estimate of drug-likeness (QED) is 0.194. The van der Waals surface area contributed by atoms with Gasteiger partial charge in [0.2, 0.25) is 0 Å². The second kappa shape index (κ2) is 9.81. The van der Waals surface area contributed by atoms with E-state index in [0.717, 1.165) is 0 Å².